The Morgan fingerprint density at radius 1 is 1.17 bits per heavy atom. The average molecular weight is 471 g/mol. The van der Waals surface area contributed by atoms with Gasteiger partial charge in [0, 0.05) is 22.1 Å². The fourth-order valence-corrected chi connectivity index (χ4v) is 4.41. The van der Waals surface area contributed by atoms with Crippen LogP contribution in [0.3, 0.4) is 0 Å². The number of rotatable bonds is 4. The Balaban J connectivity index is 1.46. The molecule has 1 unspecified atom stereocenters. The molecular formula is C21H19BrN4O2S. The fraction of sp³-hybridized carbons (Fsp3) is 0.238. The molecule has 6 nitrogen and oxygen atoms in total. The van der Waals surface area contributed by atoms with Gasteiger partial charge in [0.05, 0.1) is 0 Å². The molecule has 148 valence electrons. The molecule has 4 rings (SSSR count). The SMILES string of the molecule is Cc1cccc(-c2nnc(NC(=O)C3CCCN3C(=O)c3ccc(Br)cc3)s2)c1. The summed E-state index contributed by atoms with van der Waals surface area (Å²) in [5.41, 5.74) is 2.68. The summed E-state index contributed by atoms with van der Waals surface area (Å²) in [5, 5.41) is 12.3. The monoisotopic (exact) mass is 470 g/mol. The molecule has 2 heterocycles. The van der Waals surface area contributed by atoms with Gasteiger partial charge in [-0.05, 0) is 50.1 Å². The lowest BCUT2D eigenvalue weighted by molar-refractivity contribution is -0.119. The van der Waals surface area contributed by atoms with Crippen molar-refractivity contribution in [3.05, 3.63) is 64.1 Å². The molecule has 0 saturated carbocycles. The van der Waals surface area contributed by atoms with Gasteiger partial charge in [-0.3, -0.25) is 14.9 Å². The number of nitrogens with zero attached hydrogens (tertiary/aromatic N) is 3. The zero-order chi connectivity index (χ0) is 20.4. The maximum atomic E-state index is 12.9. The summed E-state index contributed by atoms with van der Waals surface area (Å²) in [6.07, 6.45) is 1.43. The number of aryl methyl sites for hydroxylation is 1. The number of hydrogen-bond acceptors (Lipinski definition) is 5. The van der Waals surface area contributed by atoms with E-state index in [0.717, 1.165) is 27.0 Å². The highest BCUT2D eigenvalue weighted by Gasteiger charge is 2.35. The molecule has 1 atom stereocenters. The third kappa shape index (κ3) is 4.38. The number of likely N-dealkylation sites (tertiary alicyclic amines) is 1. The van der Waals surface area contributed by atoms with Gasteiger partial charge in [0.25, 0.3) is 5.91 Å². The van der Waals surface area contributed by atoms with Crippen molar-refractivity contribution in [1.29, 1.82) is 0 Å². The van der Waals surface area contributed by atoms with Gasteiger partial charge in [0.1, 0.15) is 11.0 Å². The fourth-order valence-electron chi connectivity index (χ4n) is 3.40. The number of hydrogen-bond donors (Lipinski definition) is 1. The van der Waals surface area contributed by atoms with Crippen LogP contribution in [-0.4, -0.2) is 39.5 Å². The number of nitrogens with one attached hydrogen (secondary N) is 1. The van der Waals surface area contributed by atoms with Crippen LogP contribution < -0.4 is 5.32 Å². The number of amides is 2. The quantitative estimate of drug-likeness (QED) is 0.607. The number of carbonyl (C=O) groups is 2. The van der Waals surface area contributed by atoms with Crippen LogP contribution in [0, 0.1) is 6.92 Å². The van der Waals surface area contributed by atoms with E-state index in [1.165, 1.54) is 11.3 Å². The Kier molecular flexibility index (Phi) is 5.73. The molecule has 29 heavy (non-hydrogen) atoms. The number of anilines is 1. The molecule has 0 bridgehead atoms. The average Bonchev–Trinajstić information content (AvgIpc) is 3.38. The third-order valence-corrected chi connectivity index (χ3v) is 6.24. The van der Waals surface area contributed by atoms with Crippen LogP contribution in [0.4, 0.5) is 5.13 Å². The van der Waals surface area contributed by atoms with E-state index < -0.39 is 6.04 Å². The van der Waals surface area contributed by atoms with E-state index in [9.17, 15) is 9.59 Å². The Morgan fingerprint density at radius 3 is 2.72 bits per heavy atom. The highest BCUT2D eigenvalue weighted by Crippen LogP contribution is 2.28. The first-order valence-electron chi connectivity index (χ1n) is 9.29. The lowest BCUT2D eigenvalue weighted by Crippen LogP contribution is -2.43. The summed E-state index contributed by atoms with van der Waals surface area (Å²) in [6, 6.07) is 14.7. The Bertz CT molecular complexity index is 1050. The predicted octanol–water partition coefficient (Wildman–Crippen LogP) is 4.52. The van der Waals surface area contributed by atoms with Crippen molar-refractivity contribution < 1.29 is 9.59 Å². The number of halogens is 1. The normalized spacial score (nSPS) is 16.1. The molecule has 1 saturated heterocycles. The standard InChI is InChI=1S/C21H19BrN4O2S/c1-13-4-2-5-15(12-13)19-24-25-21(29-19)23-18(27)17-6-3-11-26(17)20(28)14-7-9-16(22)10-8-14/h2,4-5,7-10,12,17H,3,6,11H2,1H3,(H,23,25,27). The van der Waals surface area contributed by atoms with Crippen molar-refractivity contribution in [2.45, 2.75) is 25.8 Å². The van der Waals surface area contributed by atoms with Crippen LogP contribution in [0.25, 0.3) is 10.6 Å². The predicted molar refractivity (Wildman–Crippen MR) is 117 cm³/mol. The Labute approximate surface area is 181 Å². The van der Waals surface area contributed by atoms with Gasteiger partial charge < -0.3 is 4.90 Å². The molecular weight excluding hydrogens is 452 g/mol. The summed E-state index contributed by atoms with van der Waals surface area (Å²) in [7, 11) is 0. The van der Waals surface area contributed by atoms with Gasteiger partial charge in [0.2, 0.25) is 11.0 Å². The van der Waals surface area contributed by atoms with Crippen molar-refractivity contribution in [1.82, 2.24) is 15.1 Å². The van der Waals surface area contributed by atoms with Crippen LogP contribution >= 0.6 is 27.3 Å². The van der Waals surface area contributed by atoms with Crippen molar-refractivity contribution in [3.8, 4) is 10.6 Å². The van der Waals surface area contributed by atoms with Crippen LogP contribution in [0.1, 0.15) is 28.8 Å². The molecule has 2 amide bonds. The zero-order valence-electron chi connectivity index (χ0n) is 15.8. The third-order valence-electron chi connectivity index (χ3n) is 4.83. The highest BCUT2D eigenvalue weighted by molar-refractivity contribution is 9.10. The van der Waals surface area contributed by atoms with Crippen LogP contribution in [-0.2, 0) is 4.79 Å². The first kappa shape index (κ1) is 19.7. The molecule has 2 aromatic carbocycles. The number of benzene rings is 2. The molecule has 1 fully saturated rings. The zero-order valence-corrected chi connectivity index (χ0v) is 18.2. The molecule has 1 aliphatic rings. The van der Waals surface area contributed by atoms with Gasteiger partial charge in [-0.25, -0.2) is 0 Å². The number of carbonyl (C=O) groups excluding carboxylic acids is 2. The lowest BCUT2D eigenvalue weighted by atomic mass is 10.1. The Hall–Kier alpha value is -2.58. The Morgan fingerprint density at radius 2 is 1.97 bits per heavy atom. The van der Waals surface area contributed by atoms with Crippen LogP contribution in [0.15, 0.2) is 53.0 Å². The molecule has 0 radical (unpaired) electrons. The van der Waals surface area contributed by atoms with Gasteiger partial charge in [0.15, 0.2) is 0 Å². The second kappa shape index (κ2) is 8.42. The molecule has 3 aromatic rings. The summed E-state index contributed by atoms with van der Waals surface area (Å²) in [5.74, 6) is -0.354. The summed E-state index contributed by atoms with van der Waals surface area (Å²) in [4.78, 5) is 27.3. The van der Waals surface area contributed by atoms with Crippen molar-refractivity contribution >= 4 is 44.2 Å². The second-order valence-electron chi connectivity index (χ2n) is 6.93. The maximum Gasteiger partial charge on any atom is 0.254 e. The van der Waals surface area contributed by atoms with E-state index in [1.54, 1.807) is 17.0 Å². The summed E-state index contributed by atoms with van der Waals surface area (Å²) < 4.78 is 0.908. The van der Waals surface area contributed by atoms with E-state index in [2.05, 4.69) is 31.4 Å². The largest absolute Gasteiger partial charge is 0.327 e. The molecule has 0 spiro atoms. The minimum absolute atomic E-state index is 0.132. The number of aromatic nitrogens is 2. The first-order chi connectivity index (χ1) is 14.0. The van der Waals surface area contributed by atoms with Crippen molar-refractivity contribution in [2.75, 3.05) is 11.9 Å². The van der Waals surface area contributed by atoms with E-state index in [1.807, 2.05) is 43.3 Å². The van der Waals surface area contributed by atoms with E-state index in [-0.39, 0.29) is 11.8 Å². The highest BCUT2D eigenvalue weighted by atomic mass is 79.9. The molecule has 1 aliphatic heterocycles. The first-order valence-corrected chi connectivity index (χ1v) is 10.9. The van der Waals surface area contributed by atoms with Crippen LogP contribution in [0.5, 0.6) is 0 Å². The van der Waals surface area contributed by atoms with Crippen molar-refractivity contribution in [3.63, 3.8) is 0 Å². The molecule has 8 heteroatoms. The summed E-state index contributed by atoms with van der Waals surface area (Å²) >= 11 is 4.70. The van der Waals surface area contributed by atoms with E-state index in [0.29, 0.717) is 23.7 Å². The minimum atomic E-state index is -0.502. The van der Waals surface area contributed by atoms with E-state index in [4.69, 9.17) is 0 Å². The second-order valence-corrected chi connectivity index (χ2v) is 8.83. The molecule has 1 N–H and O–H groups in total. The van der Waals surface area contributed by atoms with Gasteiger partial charge in [-0.2, -0.15) is 0 Å². The van der Waals surface area contributed by atoms with E-state index >= 15 is 0 Å². The summed E-state index contributed by atoms with van der Waals surface area (Å²) in [6.45, 7) is 2.59. The van der Waals surface area contributed by atoms with Gasteiger partial charge >= 0.3 is 0 Å². The maximum absolute atomic E-state index is 12.9. The van der Waals surface area contributed by atoms with Gasteiger partial charge in [-0.1, -0.05) is 51.0 Å². The molecule has 1 aromatic heterocycles. The lowest BCUT2D eigenvalue weighted by Gasteiger charge is -2.23. The molecule has 0 aliphatic carbocycles. The minimum Gasteiger partial charge on any atom is -0.327 e. The van der Waals surface area contributed by atoms with Crippen LogP contribution in [0.2, 0.25) is 0 Å². The topological polar surface area (TPSA) is 75.2 Å². The van der Waals surface area contributed by atoms with Crippen molar-refractivity contribution in [2.24, 2.45) is 0 Å². The smallest absolute Gasteiger partial charge is 0.254 e. The van der Waals surface area contributed by atoms with Gasteiger partial charge in [-0.15, -0.1) is 10.2 Å².